The van der Waals surface area contributed by atoms with Gasteiger partial charge in [0.25, 0.3) is 11.8 Å². The number of amides is 2. The lowest BCUT2D eigenvalue weighted by Crippen LogP contribution is -2.32. The Morgan fingerprint density at radius 3 is 2.46 bits per heavy atom. The van der Waals surface area contributed by atoms with Crippen molar-refractivity contribution in [2.75, 3.05) is 16.8 Å². The molecule has 0 radical (unpaired) electrons. The van der Waals surface area contributed by atoms with Crippen LogP contribution in [0.1, 0.15) is 32.6 Å². The average Bonchev–Trinajstić information content (AvgIpc) is 2.89. The first kappa shape index (κ1) is 18.2. The monoisotopic (exact) mass is 378 g/mol. The predicted molar refractivity (Wildman–Crippen MR) is 94.5 cm³/mol. The first-order valence-corrected chi connectivity index (χ1v) is 8.60. The lowest BCUT2D eigenvalue weighted by molar-refractivity contribution is -0.120. The zero-order chi connectivity index (χ0) is 18.8. The van der Waals surface area contributed by atoms with Crippen LogP contribution in [0.4, 0.5) is 15.8 Å². The third-order valence-corrected chi connectivity index (χ3v) is 4.73. The third kappa shape index (κ3) is 2.89. The number of ether oxygens (including phenoxy) is 1. The number of carbonyl (C=O) groups excluding carboxylic acids is 3. The molecule has 1 aromatic rings. The Kier molecular flexibility index (Phi) is 5.11. The molecule has 8 heteroatoms. The number of imide groups is 1. The summed E-state index contributed by atoms with van der Waals surface area (Å²) in [6, 6.07) is 1.23. The number of hydrogen-bond donors (Lipinski definition) is 1. The number of anilines is 2. The van der Waals surface area contributed by atoms with Crippen LogP contribution in [0, 0.1) is 5.82 Å². The van der Waals surface area contributed by atoms with Gasteiger partial charge in [0.05, 0.1) is 24.2 Å². The average molecular weight is 379 g/mol. The topological polar surface area (TPSA) is 75.7 Å². The minimum atomic E-state index is -0.925. The van der Waals surface area contributed by atoms with Crippen molar-refractivity contribution in [3.63, 3.8) is 0 Å². The number of benzene rings is 1. The first-order chi connectivity index (χ1) is 12.5. The Morgan fingerprint density at radius 1 is 1.31 bits per heavy atom. The van der Waals surface area contributed by atoms with Crippen LogP contribution in [0.25, 0.3) is 0 Å². The number of carbonyl (C=O) groups is 2. The van der Waals surface area contributed by atoms with E-state index >= 15 is 4.39 Å². The van der Waals surface area contributed by atoms with Gasteiger partial charge in [-0.05, 0) is 32.6 Å². The van der Waals surface area contributed by atoms with E-state index in [9.17, 15) is 14.4 Å². The number of rotatable bonds is 5. The van der Waals surface area contributed by atoms with E-state index in [4.69, 9.17) is 16.3 Å². The van der Waals surface area contributed by atoms with Gasteiger partial charge in [0.2, 0.25) is 0 Å². The summed E-state index contributed by atoms with van der Waals surface area (Å²) in [6.45, 7) is 1.95. The van der Waals surface area contributed by atoms with Crippen molar-refractivity contribution in [3.05, 3.63) is 34.3 Å². The minimum absolute atomic E-state index is 0.0952. The summed E-state index contributed by atoms with van der Waals surface area (Å²) < 4.78 is 20.4. The molecule has 1 N–H and O–H groups in total. The van der Waals surface area contributed by atoms with E-state index in [0.717, 1.165) is 23.9 Å². The SMILES string of the molecule is CCOc1cc(N2C(=O)C3=C(CCCC3)C2=O)c(F)c(NC=C=O)c1Cl. The number of halogens is 2. The van der Waals surface area contributed by atoms with Crippen molar-refractivity contribution < 1.29 is 23.5 Å². The first-order valence-electron chi connectivity index (χ1n) is 8.22. The molecule has 0 atom stereocenters. The van der Waals surface area contributed by atoms with Crippen LogP contribution in [0.2, 0.25) is 5.02 Å². The van der Waals surface area contributed by atoms with Gasteiger partial charge in [-0.1, -0.05) is 11.6 Å². The molecular weight excluding hydrogens is 363 g/mol. The van der Waals surface area contributed by atoms with Crippen molar-refractivity contribution in [3.8, 4) is 5.75 Å². The summed E-state index contributed by atoms with van der Waals surface area (Å²) in [4.78, 5) is 36.7. The third-order valence-electron chi connectivity index (χ3n) is 4.35. The van der Waals surface area contributed by atoms with Crippen molar-refractivity contribution in [2.45, 2.75) is 32.6 Å². The van der Waals surface area contributed by atoms with E-state index in [-0.39, 0.29) is 28.8 Å². The Bertz CT molecular complexity index is 846. The second-order valence-electron chi connectivity index (χ2n) is 5.85. The van der Waals surface area contributed by atoms with Gasteiger partial charge in [0, 0.05) is 17.2 Å². The Morgan fingerprint density at radius 2 is 1.92 bits per heavy atom. The lowest BCUT2D eigenvalue weighted by Gasteiger charge is -2.20. The summed E-state index contributed by atoms with van der Waals surface area (Å²) >= 11 is 6.13. The molecule has 0 unspecified atom stereocenters. The van der Waals surface area contributed by atoms with Gasteiger partial charge in [-0.25, -0.2) is 14.1 Å². The highest BCUT2D eigenvalue weighted by Crippen LogP contribution is 2.43. The summed E-state index contributed by atoms with van der Waals surface area (Å²) in [7, 11) is 0. The Hall–Kier alpha value is -2.63. The second-order valence-corrected chi connectivity index (χ2v) is 6.22. The predicted octanol–water partition coefficient (Wildman–Crippen LogP) is 3.38. The number of hydrogen-bond acceptors (Lipinski definition) is 5. The maximum Gasteiger partial charge on any atom is 0.261 e. The van der Waals surface area contributed by atoms with E-state index < -0.39 is 17.6 Å². The van der Waals surface area contributed by atoms with Crippen molar-refractivity contribution in [2.24, 2.45) is 0 Å². The summed E-state index contributed by atoms with van der Waals surface area (Å²) in [5, 5.41) is 2.29. The molecule has 0 saturated carbocycles. The van der Waals surface area contributed by atoms with E-state index in [1.54, 1.807) is 6.92 Å². The largest absolute Gasteiger partial charge is 0.492 e. The maximum atomic E-state index is 15.0. The summed E-state index contributed by atoms with van der Waals surface area (Å²) in [6.07, 6.45) is 3.47. The highest BCUT2D eigenvalue weighted by atomic mass is 35.5. The molecular formula is C18H16ClFN2O4. The molecule has 2 aliphatic rings. The Balaban J connectivity index is 2.13. The summed E-state index contributed by atoms with van der Waals surface area (Å²) in [5.74, 6) is -0.414. The molecule has 1 aliphatic heterocycles. The molecule has 0 aromatic heterocycles. The molecule has 6 nitrogen and oxygen atoms in total. The van der Waals surface area contributed by atoms with E-state index in [1.807, 2.05) is 0 Å². The van der Waals surface area contributed by atoms with Crippen LogP contribution in [0.5, 0.6) is 5.75 Å². The standard InChI is InChI=1S/C18H16ClFN2O4/c1-2-26-13-9-12(15(20)16(14(13)19)21-7-8-23)22-17(24)10-5-3-4-6-11(10)18(22)25/h7,9,21H,2-6H2,1H3. The van der Waals surface area contributed by atoms with Gasteiger partial charge in [0.15, 0.2) is 5.82 Å². The number of nitrogens with one attached hydrogen (secondary N) is 1. The van der Waals surface area contributed by atoms with Crippen LogP contribution < -0.4 is 15.0 Å². The van der Waals surface area contributed by atoms with Gasteiger partial charge < -0.3 is 10.1 Å². The van der Waals surface area contributed by atoms with Crippen molar-refractivity contribution in [1.82, 2.24) is 0 Å². The van der Waals surface area contributed by atoms with Crippen LogP contribution >= 0.6 is 11.6 Å². The highest BCUT2D eigenvalue weighted by molar-refractivity contribution is 6.36. The Labute approximate surface area is 154 Å². The maximum absolute atomic E-state index is 15.0. The van der Waals surface area contributed by atoms with Crippen LogP contribution in [-0.2, 0) is 14.4 Å². The molecule has 0 saturated heterocycles. The quantitative estimate of drug-likeness (QED) is 0.628. The van der Waals surface area contributed by atoms with E-state index in [1.165, 1.54) is 12.0 Å². The molecule has 0 bridgehead atoms. The van der Waals surface area contributed by atoms with Crippen LogP contribution in [-0.4, -0.2) is 24.4 Å². The van der Waals surface area contributed by atoms with E-state index in [0.29, 0.717) is 24.0 Å². The zero-order valence-corrected chi connectivity index (χ0v) is 14.8. The molecule has 1 aromatic carbocycles. The van der Waals surface area contributed by atoms with Gasteiger partial charge in [0.1, 0.15) is 16.7 Å². The smallest absolute Gasteiger partial charge is 0.261 e. The molecule has 0 spiro atoms. The fraction of sp³-hybridized carbons (Fsp3) is 0.333. The van der Waals surface area contributed by atoms with Crippen LogP contribution in [0.15, 0.2) is 23.4 Å². The highest BCUT2D eigenvalue weighted by Gasteiger charge is 2.41. The van der Waals surface area contributed by atoms with Crippen molar-refractivity contribution >= 4 is 40.7 Å². The van der Waals surface area contributed by atoms with Crippen LogP contribution in [0.3, 0.4) is 0 Å². The van der Waals surface area contributed by atoms with Gasteiger partial charge in [-0.15, -0.1) is 0 Å². The van der Waals surface area contributed by atoms with Gasteiger partial charge in [-0.2, -0.15) is 0 Å². The second kappa shape index (κ2) is 7.32. The van der Waals surface area contributed by atoms with Gasteiger partial charge in [-0.3, -0.25) is 9.59 Å². The fourth-order valence-corrected chi connectivity index (χ4v) is 3.46. The lowest BCUT2D eigenvalue weighted by atomic mass is 9.93. The molecule has 0 fully saturated rings. The molecule has 2 amide bonds. The minimum Gasteiger partial charge on any atom is -0.492 e. The zero-order valence-electron chi connectivity index (χ0n) is 14.0. The molecule has 1 aliphatic carbocycles. The summed E-state index contributed by atoms with van der Waals surface area (Å²) in [5.41, 5.74) is 0.359. The molecule has 3 rings (SSSR count). The van der Waals surface area contributed by atoms with E-state index in [2.05, 4.69) is 5.32 Å². The number of nitrogens with zero attached hydrogens (tertiary/aromatic N) is 1. The van der Waals surface area contributed by atoms with Gasteiger partial charge >= 0.3 is 0 Å². The van der Waals surface area contributed by atoms with Crippen molar-refractivity contribution in [1.29, 1.82) is 0 Å². The molecule has 136 valence electrons. The normalized spacial score (nSPS) is 16.5. The molecule has 1 heterocycles. The molecule has 26 heavy (non-hydrogen) atoms. The fourth-order valence-electron chi connectivity index (χ4n) is 3.21.